The molecule has 0 unspecified atom stereocenters. The van der Waals surface area contributed by atoms with Crippen LogP contribution in [0.5, 0.6) is 0 Å². The smallest absolute Gasteiger partial charge is 0.316 e. The van der Waals surface area contributed by atoms with Gasteiger partial charge in [0, 0.05) is 10.9 Å². The summed E-state index contributed by atoms with van der Waals surface area (Å²) in [7, 11) is 0. The minimum Gasteiger partial charge on any atom is -0.458 e. The number of rotatable bonds is 5. The van der Waals surface area contributed by atoms with Gasteiger partial charge in [-0.1, -0.05) is 60.7 Å². The molecule has 4 heteroatoms. The predicted molar refractivity (Wildman–Crippen MR) is 96.8 cm³/mol. The molecule has 0 aliphatic rings. The Morgan fingerprint density at radius 3 is 2.33 bits per heavy atom. The fraction of sp³-hybridized carbons (Fsp3) is 0.200. The highest BCUT2D eigenvalue weighted by molar-refractivity contribution is 7.13. The van der Waals surface area contributed by atoms with Gasteiger partial charge in [0.05, 0.1) is 11.1 Å². The van der Waals surface area contributed by atoms with Crippen molar-refractivity contribution in [3.63, 3.8) is 0 Å². The first-order chi connectivity index (χ1) is 11.6. The van der Waals surface area contributed by atoms with Crippen LogP contribution in [0.1, 0.15) is 25.1 Å². The van der Waals surface area contributed by atoms with E-state index in [1.807, 2.05) is 79.9 Å². The average Bonchev–Trinajstić information content (AvgIpc) is 3.10. The monoisotopic (exact) mass is 337 g/mol. The molecule has 0 aliphatic heterocycles. The van der Waals surface area contributed by atoms with Gasteiger partial charge in [0.25, 0.3) is 0 Å². The molecule has 1 heterocycles. The molecule has 3 aromatic rings. The fourth-order valence-corrected chi connectivity index (χ4v) is 3.19. The maximum atomic E-state index is 12.5. The Balaban J connectivity index is 1.66. The fourth-order valence-electron chi connectivity index (χ4n) is 2.38. The van der Waals surface area contributed by atoms with Crippen LogP contribution in [0, 0.1) is 0 Å². The summed E-state index contributed by atoms with van der Waals surface area (Å²) in [5.74, 6) is -0.247. The topological polar surface area (TPSA) is 39.2 Å². The maximum Gasteiger partial charge on any atom is 0.316 e. The molecule has 3 rings (SSSR count). The molecule has 0 saturated carbocycles. The quantitative estimate of drug-likeness (QED) is 0.626. The normalized spacial score (nSPS) is 11.2. The molecule has 0 aliphatic carbocycles. The summed E-state index contributed by atoms with van der Waals surface area (Å²) < 4.78 is 5.50. The Hall–Kier alpha value is -2.46. The lowest BCUT2D eigenvalue weighted by Gasteiger charge is -2.22. The largest absolute Gasteiger partial charge is 0.458 e. The third kappa shape index (κ3) is 3.54. The van der Waals surface area contributed by atoms with E-state index in [9.17, 15) is 4.79 Å². The number of carbonyl (C=O) groups excluding carboxylic acids is 1. The van der Waals surface area contributed by atoms with Crippen molar-refractivity contribution in [1.82, 2.24) is 4.98 Å². The van der Waals surface area contributed by atoms with E-state index in [1.165, 1.54) is 0 Å². The van der Waals surface area contributed by atoms with Crippen LogP contribution in [0.3, 0.4) is 0 Å². The van der Waals surface area contributed by atoms with E-state index in [2.05, 4.69) is 4.98 Å². The summed E-state index contributed by atoms with van der Waals surface area (Å²) in [6.45, 7) is 3.95. The van der Waals surface area contributed by atoms with Gasteiger partial charge in [-0.2, -0.15) is 0 Å². The lowest BCUT2D eigenvalue weighted by atomic mass is 9.85. The van der Waals surface area contributed by atoms with E-state index in [0.717, 1.165) is 21.8 Å². The molecule has 1 aromatic heterocycles. The number of hydrogen-bond donors (Lipinski definition) is 0. The van der Waals surface area contributed by atoms with Crippen LogP contribution in [0.2, 0.25) is 0 Å². The van der Waals surface area contributed by atoms with E-state index < -0.39 is 5.41 Å². The summed E-state index contributed by atoms with van der Waals surface area (Å²) in [6, 6.07) is 19.7. The zero-order chi connectivity index (χ0) is 17.0. The highest BCUT2D eigenvalue weighted by Crippen LogP contribution is 2.26. The van der Waals surface area contributed by atoms with E-state index >= 15 is 0 Å². The highest BCUT2D eigenvalue weighted by Gasteiger charge is 2.31. The van der Waals surface area contributed by atoms with E-state index in [4.69, 9.17) is 4.74 Å². The molecular formula is C20H19NO2S. The number of esters is 1. The third-order valence-electron chi connectivity index (χ3n) is 3.93. The zero-order valence-electron chi connectivity index (χ0n) is 13.7. The third-order valence-corrected chi connectivity index (χ3v) is 4.87. The van der Waals surface area contributed by atoms with E-state index in [-0.39, 0.29) is 12.6 Å². The van der Waals surface area contributed by atoms with Crippen molar-refractivity contribution in [2.75, 3.05) is 0 Å². The number of nitrogens with zero attached hydrogens (tertiary/aromatic N) is 1. The first-order valence-corrected chi connectivity index (χ1v) is 8.68. The molecule has 0 radical (unpaired) electrons. The first-order valence-electron chi connectivity index (χ1n) is 7.80. The minimum atomic E-state index is -0.681. The number of thiazole rings is 1. The van der Waals surface area contributed by atoms with Crippen molar-refractivity contribution in [2.45, 2.75) is 25.9 Å². The van der Waals surface area contributed by atoms with Crippen molar-refractivity contribution in [1.29, 1.82) is 0 Å². The van der Waals surface area contributed by atoms with Crippen molar-refractivity contribution in [2.24, 2.45) is 0 Å². The van der Waals surface area contributed by atoms with Crippen LogP contribution >= 0.6 is 11.3 Å². The molecule has 0 fully saturated rings. The van der Waals surface area contributed by atoms with Gasteiger partial charge in [0.2, 0.25) is 0 Å². The van der Waals surface area contributed by atoms with Gasteiger partial charge >= 0.3 is 5.97 Å². The standard InChI is InChI=1S/C20H19NO2S/c1-20(2,16-11-7-4-8-12-16)19(22)23-13-17-14-24-18(21-17)15-9-5-3-6-10-15/h3-12,14H,13H2,1-2H3. The Morgan fingerprint density at radius 1 is 1.04 bits per heavy atom. The van der Waals surface area contributed by atoms with Crippen LogP contribution in [-0.4, -0.2) is 11.0 Å². The van der Waals surface area contributed by atoms with Crippen LogP contribution in [0.4, 0.5) is 0 Å². The molecule has 0 N–H and O–H groups in total. The summed E-state index contributed by atoms with van der Waals surface area (Å²) in [6.07, 6.45) is 0. The Labute approximate surface area is 146 Å². The molecule has 0 saturated heterocycles. The molecule has 3 nitrogen and oxygen atoms in total. The second kappa shape index (κ2) is 6.97. The number of ether oxygens (including phenoxy) is 1. The number of aromatic nitrogens is 1. The lowest BCUT2D eigenvalue weighted by molar-refractivity contribution is -0.150. The molecular weight excluding hydrogens is 318 g/mol. The summed E-state index contributed by atoms with van der Waals surface area (Å²) in [5.41, 5.74) is 2.11. The van der Waals surface area contributed by atoms with Crippen LogP contribution in [0.25, 0.3) is 10.6 Å². The van der Waals surface area contributed by atoms with Crippen molar-refractivity contribution < 1.29 is 9.53 Å². The van der Waals surface area contributed by atoms with Crippen LogP contribution in [0.15, 0.2) is 66.0 Å². The maximum absolute atomic E-state index is 12.5. The van der Waals surface area contributed by atoms with Gasteiger partial charge in [-0.25, -0.2) is 4.98 Å². The Morgan fingerprint density at radius 2 is 1.67 bits per heavy atom. The van der Waals surface area contributed by atoms with Gasteiger partial charge in [-0.3, -0.25) is 4.79 Å². The van der Waals surface area contributed by atoms with Crippen LogP contribution < -0.4 is 0 Å². The summed E-state index contributed by atoms with van der Waals surface area (Å²) in [4.78, 5) is 17.0. The van der Waals surface area contributed by atoms with Crippen LogP contribution in [-0.2, 0) is 21.6 Å². The Bertz CT molecular complexity index is 810. The lowest BCUT2D eigenvalue weighted by Crippen LogP contribution is -2.30. The minimum absolute atomic E-state index is 0.193. The second-order valence-corrected chi connectivity index (χ2v) is 6.94. The summed E-state index contributed by atoms with van der Waals surface area (Å²) >= 11 is 1.56. The molecule has 0 amide bonds. The van der Waals surface area contributed by atoms with Crippen molar-refractivity contribution >= 4 is 17.3 Å². The van der Waals surface area contributed by atoms with E-state index in [1.54, 1.807) is 11.3 Å². The highest BCUT2D eigenvalue weighted by atomic mass is 32.1. The SMILES string of the molecule is CC(C)(C(=O)OCc1csc(-c2ccccc2)n1)c1ccccc1. The molecule has 0 atom stereocenters. The average molecular weight is 337 g/mol. The number of hydrogen-bond acceptors (Lipinski definition) is 4. The Kier molecular flexibility index (Phi) is 4.76. The molecule has 24 heavy (non-hydrogen) atoms. The predicted octanol–water partition coefficient (Wildman–Crippen LogP) is 4.83. The van der Waals surface area contributed by atoms with Gasteiger partial charge in [0.15, 0.2) is 0 Å². The number of carbonyl (C=O) groups is 1. The molecule has 2 aromatic carbocycles. The van der Waals surface area contributed by atoms with Gasteiger partial charge < -0.3 is 4.74 Å². The number of benzene rings is 2. The summed E-state index contributed by atoms with van der Waals surface area (Å²) in [5, 5.41) is 2.87. The zero-order valence-corrected chi connectivity index (χ0v) is 14.5. The second-order valence-electron chi connectivity index (χ2n) is 6.08. The van der Waals surface area contributed by atoms with Gasteiger partial charge in [-0.05, 0) is 19.4 Å². The van der Waals surface area contributed by atoms with Gasteiger partial charge in [-0.15, -0.1) is 11.3 Å². The van der Waals surface area contributed by atoms with Crippen molar-refractivity contribution in [3.05, 3.63) is 77.3 Å². The molecule has 0 bridgehead atoms. The first kappa shape index (κ1) is 16.4. The molecule has 122 valence electrons. The molecule has 0 spiro atoms. The van der Waals surface area contributed by atoms with E-state index in [0.29, 0.717) is 0 Å². The van der Waals surface area contributed by atoms with Crippen molar-refractivity contribution in [3.8, 4) is 10.6 Å². The van der Waals surface area contributed by atoms with Gasteiger partial charge in [0.1, 0.15) is 11.6 Å².